The Kier molecular flexibility index (Phi) is 7.50. The van der Waals surface area contributed by atoms with Crippen LogP contribution in [0.1, 0.15) is 6.42 Å². The highest BCUT2D eigenvalue weighted by Crippen LogP contribution is 2.16. The summed E-state index contributed by atoms with van der Waals surface area (Å²) >= 11 is 0. The lowest BCUT2D eigenvalue weighted by molar-refractivity contribution is 0.0195. The van der Waals surface area contributed by atoms with Gasteiger partial charge in [-0.15, -0.1) is 24.0 Å². The van der Waals surface area contributed by atoms with Crippen LogP contribution < -0.4 is 5.32 Å². The molecular formula is C14H26IN7O. The fourth-order valence-electron chi connectivity index (χ4n) is 3.14. The van der Waals surface area contributed by atoms with Crippen LogP contribution in [0.5, 0.6) is 0 Å². The van der Waals surface area contributed by atoms with Crippen LogP contribution in [0.4, 0.5) is 0 Å². The van der Waals surface area contributed by atoms with Crippen LogP contribution in [0.2, 0.25) is 0 Å². The Morgan fingerprint density at radius 1 is 1.35 bits per heavy atom. The molecule has 130 valence electrons. The predicted molar refractivity (Wildman–Crippen MR) is 99.2 cm³/mol. The second-order valence-electron chi connectivity index (χ2n) is 5.67. The first kappa shape index (κ1) is 18.4. The molecule has 0 aliphatic carbocycles. The predicted octanol–water partition coefficient (Wildman–Crippen LogP) is -0.122. The second-order valence-corrected chi connectivity index (χ2v) is 5.67. The van der Waals surface area contributed by atoms with Crippen molar-refractivity contribution < 1.29 is 4.74 Å². The van der Waals surface area contributed by atoms with E-state index < -0.39 is 0 Å². The van der Waals surface area contributed by atoms with Gasteiger partial charge in [0, 0.05) is 45.8 Å². The Bertz CT molecular complexity index is 475. The van der Waals surface area contributed by atoms with Crippen molar-refractivity contribution in [3.8, 4) is 0 Å². The summed E-state index contributed by atoms with van der Waals surface area (Å²) in [4.78, 5) is 13.3. The number of nitrogens with one attached hydrogen (secondary N) is 1. The number of aromatic nitrogens is 3. The van der Waals surface area contributed by atoms with Crippen molar-refractivity contribution in [2.24, 2.45) is 4.99 Å². The van der Waals surface area contributed by atoms with Gasteiger partial charge >= 0.3 is 0 Å². The highest BCUT2D eigenvalue weighted by molar-refractivity contribution is 14.0. The van der Waals surface area contributed by atoms with Gasteiger partial charge in [0.2, 0.25) is 0 Å². The highest BCUT2D eigenvalue weighted by Gasteiger charge is 2.30. The number of guanidine groups is 1. The standard InChI is InChI=1S/C14H25N7O.HI/c1-15-14(17-3-5-21-12-16-11-18-21)20-4-2-13(10-20)19-6-8-22-9-7-19;/h11-13H,2-10H2,1H3,(H,15,17);1H. The number of aliphatic imine (C=N–C) groups is 1. The van der Waals surface area contributed by atoms with Crippen LogP contribution in [-0.4, -0.2) is 89.6 Å². The van der Waals surface area contributed by atoms with Gasteiger partial charge in [-0.2, -0.15) is 5.10 Å². The fraction of sp³-hybridized carbons (Fsp3) is 0.786. The van der Waals surface area contributed by atoms with Crippen LogP contribution >= 0.6 is 24.0 Å². The topological polar surface area (TPSA) is 70.8 Å². The maximum atomic E-state index is 5.44. The molecule has 0 aromatic carbocycles. The first-order chi connectivity index (χ1) is 10.9. The molecule has 1 aromatic heterocycles. The molecule has 9 heteroatoms. The van der Waals surface area contributed by atoms with E-state index in [4.69, 9.17) is 4.74 Å². The molecule has 1 atom stereocenters. The molecule has 0 spiro atoms. The normalized spacial score (nSPS) is 22.9. The van der Waals surface area contributed by atoms with Crippen LogP contribution in [0.3, 0.4) is 0 Å². The van der Waals surface area contributed by atoms with Crippen molar-refractivity contribution in [1.29, 1.82) is 0 Å². The van der Waals surface area contributed by atoms with Gasteiger partial charge in [-0.25, -0.2) is 4.98 Å². The van der Waals surface area contributed by atoms with Gasteiger partial charge in [0.05, 0.1) is 19.8 Å². The van der Waals surface area contributed by atoms with E-state index in [1.165, 1.54) is 6.42 Å². The van der Waals surface area contributed by atoms with E-state index >= 15 is 0 Å². The van der Waals surface area contributed by atoms with Crippen molar-refractivity contribution in [1.82, 2.24) is 29.9 Å². The van der Waals surface area contributed by atoms with E-state index in [1.807, 2.05) is 11.7 Å². The number of hydrogen-bond acceptors (Lipinski definition) is 5. The monoisotopic (exact) mass is 435 g/mol. The molecule has 2 aliphatic rings. The highest BCUT2D eigenvalue weighted by atomic mass is 127. The summed E-state index contributed by atoms with van der Waals surface area (Å²) in [6, 6.07) is 0.623. The molecule has 0 amide bonds. The summed E-state index contributed by atoms with van der Waals surface area (Å²) in [5.74, 6) is 0.982. The summed E-state index contributed by atoms with van der Waals surface area (Å²) in [5, 5.41) is 7.52. The van der Waals surface area contributed by atoms with Crippen molar-refractivity contribution in [3.63, 3.8) is 0 Å². The maximum absolute atomic E-state index is 5.44. The molecule has 1 unspecified atom stereocenters. The molecule has 1 aromatic rings. The minimum absolute atomic E-state index is 0. The molecule has 23 heavy (non-hydrogen) atoms. The quantitative estimate of drug-likeness (QED) is 0.404. The van der Waals surface area contributed by atoms with Gasteiger partial charge in [-0.05, 0) is 6.42 Å². The summed E-state index contributed by atoms with van der Waals surface area (Å²) in [7, 11) is 1.85. The number of hydrogen-bond donors (Lipinski definition) is 1. The van der Waals surface area contributed by atoms with Gasteiger partial charge in [-0.3, -0.25) is 14.6 Å². The number of likely N-dealkylation sites (tertiary alicyclic amines) is 1. The van der Waals surface area contributed by atoms with Gasteiger partial charge in [0.1, 0.15) is 12.7 Å². The molecule has 0 bridgehead atoms. The Labute approximate surface area is 154 Å². The van der Waals surface area contributed by atoms with E-state index in [1.54, 1.807) is 12.7 Å². The zero-order valence-electron chi connectivity index (χ0n) is 13.6. The first-order valence-electron chi connectivity index (χ1n) is 7.96. The molecule has 3 heterocycles. The smallest absolute Gasteiger partial charge is 0.193 e. The number of halogens is 1. The molecule has 8 nitrogen and oxygen atoms in total. The third-order valence-electron chi connectivity index (χ3n) is 4.33. The average molecular weight is 435 g/mol. The molecule has 2 fully saturated rings. The summed E-state index contributed by atoms with van der Waals surface area (Å²) in [6.07, 6.45) is 4.49. The Balaban J connectivity index is 0.00000192. The largest absolute Gasteiger partial charge is 0.379 e. The molecule has 3 rings (SSSR count). The summed E-state index contributed by atoms with van der Waals surface area (Å²) in [6.45, 7) is 7.53. The Hall–Kier alpha value is -0.940. The fourth-order valence-corrected chi connectivity index (χ4v) is 3.14. The van der Waals surface area contributed by atoms with E-state index in [0.29, 0.717) is 6.04 Å². The van der Waals surface area contributed by atoms with Crippen molar-refractivity contribution in [2.45, 2.75) is 19.0 Å². The van der Waals surface area contributed by atoms with Crippen molar-refractivity contribution in [2.75, 3.05) is 53.0 Å². The van der Waals surface area contributed by atoms with Gasteiger partial charge in [0.25, 0.3) is 0 Å². The second kappa shape index (κ2) is 9.38. The van der Waals surface area contributed by atoms with Gasteiger partial charge < -0.3 is 15.0 Å². The number of nitrogens with zero attached hydrogens (tertiary/aromatic N) is 6. The van der Waals surface area contributed by atoms with Crippen LogP contribution in [0.15, 0.2) is 17.6 Å². The molecule has 2 saturated heterocycles. The third-order valence-corrected chi connectivity index (χ3v) is 4.33. The molecule has 1 N–H and O–H groups in total. The average Bonchev–Trinajstić information content (AvgIpc) is 3.24. The number of rotatable bonds is 4. The van der Waals surface area contributed by atoms with Crippen LogP contribution in [0, 0.1) is 0 Å². The third kappa shape index (κ3) is 5.01. The lowest BCUT2D eigenvalue weighted by atomic mass is 10.2. The number of ether oxygens (including phenoxy) is 1. The minimum Gasteiger partial charge on any atom is -0.379 e. The van der Waals surface area contributed by atoms with Gasteiger partial charge in [-0.1, -0.05) is 0 Å². The van der Waals surface area contributed by atoms with E-state index in [-0.39, 0.29) is 24.0 Å². The molecule has 2 aliphatic heterocycles. The van der Waals surface area contributed by atoms with Crippen LogP contribution in [0.25, 0.3) is 0 Å². The van der Waals surface area contributed by atoms with Crippen LogP contribution in [-0.2, 0) is 11.3 Å². The number of morpholine rings is 1. The lowest BCUT2D eigenvalue weighted by Crippen LogP contribution is -2.47. The molecular weight excluding hydrogens is 409 g/mol. The van der Waals surface area contributed by atoms with E-state index in [9.17, 15) is 0 Å². The molecule has 0 radical (unpaired) electrons. The van der Waals surface area contributed by atoms with E-state index in [2.05, 4.69) is 30.2 Å². The lowest BCUT2D eigenvalue weighted by Gasteiger charge is -2.32. The SMILES string of the molecule is CN=C(NCCn1cncn1)N1CCC(N2CCOCC2)C1.I. The Morgan fingerprint density at radius 3 is 2.87 bits per heavy atom. The Morgan fingerprint density at radius 2 is 2.17 bits per heavy atom. The summed E-state index contributed by atoms with van der Waals surface area (Å²) < 4.78 is 7.26. The zero-order chi connectivity index (χ0) is 15.2. The van der Waals surface area contributed by atoms with Gasteiger partial charge in [0.15, 0.2) is 5.96 Å². The molecule has 0 saturated carbocycles. The zero-order valence-corrected chi connectivity index (χ0v) is 15.9. The maximum Gasteiger partial charge on any atom is 0.193 e. The van der Waals surface area contributed by atoms with Crippen molar-refractivity contribution in [3.05, 3.63) is 12.7 Å². The first-order valence-corrected chi connectivity index (χ1v) is 7.96. The van der Waals surface area contributed by atoms with Crippen molar-refractivity contribution >= 4 is 29.9 Å². The van der Waals surface area contributed by atoms with E-state index in [0.717, 1.165) is 58.4 Å². The summed E-state index contributed by atoms with van der Waals surface area (Å²) in [5.41, 5.74) is 0. The minimum atomic E-state index is 0.